The van der Waals surface area contributed by atoms with Gasteiger partial charge in [-0.1, -0.05) is 30.3 Å². The second kappa shape index (κ2) is 8.28. The number of para-hydroxylation sites is 1. The molecule has 5 nitrogen and oxygen atoms in total. The van der Waals surface area contributed by atoms with E-state index in [4.69, 9.17) is 4.74 Å². The van der Waals surface area contributed by atoms with Crippen molar-refractivity contribution in [2.24, 2.45) is 0 Å². The number of benzene rings is 3. The minimum Gasteiger partial charge on any atom is -0.499 e. The van der Waals surface area contributed by atoms with Crippen LogP contribution in [-0.4, -0.2) is 31.3 Å². The molecule has 0 aliphatic carbocycles. The second-order valence-electron chi connectivity index (χ2n) is 7.40. The van der Waals surface area contributed by atoms with Crippen LogP contribution in [0.5, 0.6) is 5.75 Å². The van der Waals surface area contributed by atoms with Crippen LogP contribution >= 0.6 is 11.3 Å². The smallest absolute Gasteiger partial charge is 0.319 e. The van der Waals surface area contributed by atoms with Crippen molar-refractivity contribution in [1.29, 1.82) is 0 Å². The Morgan fingerprint density at radius 2 is 1.97 bits per heavy atom. The van der Waals surface area contributed by atoms with Crippen molar-refractivity contribution in [1.82, 2.24) is 4.98 Å². The Labute approximate surface area is 185 Å². The summed E-state index contributed by atoms with van der Waals surface area (Å²) in [5, 5.41) is 3.47. The lowest BCUT2D eigenvalue weighted by Gasteiger charge is -2.20. The summed E-state index contributed by atoms with van der Waals surface area (Å²) in [5.74, 6) is 2.83. The SMILES string of the molecule is CN(C(=O)c1ccc2ncsc2c1)c1ccc(OCB2C=Cc3ccccc3N2)cc1. The van der Waals surface area contributed by atoms with Crippen LogP contribution in [0.25, 0.3) is 16.3 Å². The molecule has 0 fully saturated rings. The van der Waals surface area contributed by atoms with E-state index in [2.05, 4.69) is 34.4 Å². The first kappa shape index (κ1) is 19.4. The summed E-state index contributed by atoms with van der Waals surface area (Å²) in [6.07, 6.45) is 2.12. The third-order valence-corrected chi connectivity index (χ3v) is 6.14. The van der Waals surface area contributed by atoms with Crippen LogP contribution in [0.4, 0.5) is 11.4 Å². The summed E-state index contributed by atoms with van der Waals surface area (Å²) in [6, 6.07) is 21.4. The Kier molecular flexibility index (Phi) is 5.18. The molecular formula is C24H20BN3O2S. The molecule has 1 N–H and O–H groups in total. The summed E-state index contributed by atoms with van der Waals surface area (Å²) in [6.45, 7) is 0.633. The zero-order valence-corrected chi connectivity index (χ0v) is 17.8. The molecule has 1 aliphatic rings. The molecule has 1 aromatic heterocycles. The van der Waals surface area contributed by atoms with Crippen molar-refractivity contribution in [2.45, 2.75) is 0 Å². The van der Waals surface area contributed by atoms with E-state index in [9.17, 15) is 4.79 Å². The van der Waals surface area contributed by atoms with Gasteiger partial charge in [-0.2, -0.15) is 0 Å². The highest BCUT2D eigenvalue weighted by Crippen LogP contribution is 2.24. The van der Waals surface area contributed by atoms with Crippen LogP contribution in [0.2, 0.25) is 0 Å². The molecule has 0 saturated carbocycles. The fourth-order valence-corrected chi connectivity index (χ4v) is 4.31. The van der Waals surface area contributed by atoms with Gasteiger partial charge in [0.2, 0.25) is 0 Å². The lowest BCUT2D eigenvalue weighted by Crippen LogP contribution is -2.32. The van der Waals surface area contributed by atoms with Gasteiger partial charge in [0.25, 0.3) is 5.91 Å². The zero-order chi connectivity index (χ0) is 21.2. The number of anilines is 2. The molecule has 1 aliphatic heterocycles. The van der Waals surface area contributed by atoms with Crippen LogP contribution in [0.1, 0.15) is 15.9 Å². The number of hydrogen-bond donors (Lipinski definition) is 1. The highest BCUT2D eigenvalue weighted by atomic mass is 32.1. The van der Waals surface area contributed by atoms with Crippen molar-refractivity contribution in [2.75, 3.05) is 23.7 Å². The van der Waals surface area contributed by atoms with Crippen molar-refractivity contribution < 1.29 is 9.53 Å². The molecule has 3 aromatic carbocycles. The maximum absolute atomic E-state index is 12.9. The van der Waals surface area contributed by atoms with E-state index in [1.807, 2.05) is 54.6 Å². The van der Waals surface area contributed by atoms with E-state index >= 15 is 0 Å². The summed E-state index contributed by atoms with van der Waals surface area (Å²) in [5.41, 5.74) is 6.47. The summed E-state index contributed by atoms with van der Waals surface area (Å²) in [4.78, 5) is 18.8. The lowest BCUT2D eigenvalue weighted by molar-refractivity contribution is 0.0993. The van der Waals surface area contributed by atoms with E-state index in [1.54, 1.807) is 17.5 Å². The van der Waals surface area contributed by atoms with Gasteiger partial charge in [0.05, 0.1) is 22.2 Å². The van der Waals surface area contributed by atoms with E-state index in [0.717, 1.165) is 27.3 Å². The molecule has 0 bridgehead atoms. The van der Waals surface area contributed by atoms with Crippen molar-refractivity contribution in [3.63, 3.8) is 0 Å². The normalized spacial score (nSPS) is 12.4. The molecule has 0 saturated heterocycles. The highest BCUT2D eigenvalue weighted by Gasteiger charge is 2.18. The molecule has 152 valence electrons. The molecule has 5 rings (SSSR count). The van der Waals surface area contributed by atoms with Gasteiger partial charge < -0.3 is 14.9 Å². The van der Waals surface area contributed by atoms with E-state index in [-0.39, 0.29) is 12.8 Å². The first-order valence-electron chi connectivity index (χ1n) is 10.1. The third kappa shape index (κ3) is 4.05. The fraction of sp³-hybridized carbons (Fsp3) is 0.0833. The Hall–Kier alpha value is -3.58. The molecule has 0 spiro atoms. The first-order valence-corrected chi connectivity index (χ1v) is 10.9. The number of hydrogen-bond acceptors (Lipinski definition) is 5. The van der Waals surface area contributed by atoms with Gasteiger partial charge in [0.1, 0.15) is 5.75 Å². The van der Waals surface area contributed by atoms with Gasteiger partial charge >= 0.3 is 6.85 Å². The number of carbonyl (C=O) groups is 1. The van der Waals surface area contributed by atoms with Crippen LogP contribution < -0.4 is 14.9 Å². The number of amides is 1. The maximum atomic E-state index is 12.9. The Balaban J connectivity index is 1.22. The maximum Gasteiger partial charge on any atom is 0.319 e. The molecule has 4 aromatic rings. The molecule has 2 heterocycles. The number of carbonyl (C=O) groups excluding carboxylic acids is 1. The van der Waals surface area contributed by atoms with E-state index in [1.165, 1.54) is 16.9 Å². The summed E-state index contributed by atoms with van der Waals surface area (Å²) in [7, 11) is 1.78. The number of nitrogens with zero attached hydrogens (tertiary/aromatic N) is 2. The average molecular weight is 425 g/mol. The predicted octanol–water partition coefficient (Wildman–Crippen LogP) is 5.16. The second-order valence-corrected chi connectivity index (χ2v) is 8.29. The standard InChI is InChI=1S/C24H20BN3O2S/c1-28(24(29)18-6-11-22-23(14-18)31-16-26-22)19-7-9-20(10-8-19)30-15-25-13-12-17-4-2-3-5-21(17)27-25/h2-14,16,27H,15H2,1H3. The monoisotopic (exact) mass is 425 g/mol. The number of ether oxygens (including phenoxy) is 1. The molecular weight excluding hydrogens is 405 g/mol. The summed E-state index contributed by atoms with van der Waals surface area (Å²) < 4.78 is 6.97. The molecule has 0 unspecified atom stereocenters. The molecule has 7 heteroatoms. The van der Waals surface area contributed by atoms with Crippen molar-refractivity contribution in [3.8, 4) is 5.75 Å². The van der Waals surface area contributed by atoms with Gasteiger partial charge in [-0.25, -0.2) is 4.98 Å². The Morgan fingerprint density at radius 3 is 2.84 bits per heavy atom. The van der Waals surface area contributed by atoms with Crippen molar-refractivity contribution in [3.05, 3.63) is 89.3 Å². The largest absolute Gasteiger partial charge is 0.499 e. The Bertz CT molecular complexity index is 1270. The van der Waals surface area contributed by atoms with Crippen LogP contribution in [-0.2, 0) is 0 Å². The number of rotatable bonds is 5. The topological polar surface area (TPSA) is 54.5 Å². The zero-order valence-electron chi connectivity index (χ0n) is 17.0. The third-order valence-electron chi connectivity index (χ3n) is 5.35. The Morgan fingerprint density at radius 1 is 1.13 bits per heavy atom. The summed E-state index contributed by atoms with van der Waals surface area (Å²) >= 11 is 1.53. The van der Waals surface area contributed by atoms with Crippen molar-refractivity contribution >= 4 is 51.8 Å². The number of thiazole rings is 1. The molecule has 0 radical (unpaired) electrons. The number of aromatic nitrogens is 1. The average Bonchev–Trinajstić information content (AvgIpc) is 3.30. The lowest BCUT2D eigenvalue weighted by atomic mass is 9.61. The van der Waals surface area contributed by atoms with E-state index < -0.39 is 0 Å². The minimum absolute atomic E-state index is 0.0563. The quantitative estimate of drug-likeness (QED) is 0.449. The number of fused-ring (bicyclic) bond motifs is 2. The first-order chi connectivity index (χ1) is 15.2. The van der Waals surface area contributed by atoms with Gasteiger partial charge in [0, 0.05) is 24.0 Å². The van der Waals surface area contributed by atoms with Crippen LogP contribution in [0.3, 0.4) is 0 Å². The molecule has 1 amide bonds. The minimum atomic E-state index is -0.0563. The van der Waals surface area contributed by atoms with Gasteiger partial charge in [-0.05, 0) is 54.1 Å². The highest BCUT2D eigenvalue weighted by molar-refractivity contribution is 7.16. The van der Waals surface area contributed by atoms with Gasteiger partial charge in [-0.3, -0.25) is 4.79 Å². The van der Waals surface area contributed by atoms with Gasteiger partial charge in [0.15, 0.2) is 0 Å². The molecule has 0 atom stereocenters. The number of nitrogens with one attached hydrogen (secondary N) is 1. The van der Waals surface area contributed by atoms with Crippen LogP contribution in [0.15, 0.2) is 78.2 Å². The fourth-order valence-electron chi connectivity index (χ4n) is 3.59. The van der Waals surface area contributed by atoms with Gasteiger partial charge in [-0.15, -0.1) is 11.3 Å². The molecule has 31 heavy (non-hydrogen) atoms. The van der Waals surface area contributed by atoms with E-state index in [0.29, 0.717) is 12.1 Å². The van der Waals surface area contributed by atoms with Crippen LogP contribution in [0, 0.1) is 0 Å². The predicted molar refractivity (Wildman–Crippen MR) is 129 cm³/mol.